The monoisotopic (exact) mass is 411 g/mol. The van der Waals surface area contributed by atoms with Gasteiger partial charge < -0.3 is 5.32 Å². The van der Waals surface area contributed by atoms with E-state index in [4.69, 9.17) is 0 Å². The van der Waals surface area contributed by atoms with Gasteiger partial charge in [-0.2, -0.15) is 0 Å². The first-order chi connectivity index (χ1) is 13.5. The second kappa shape index (κ2) is 10.1. The summed E-state index contributed by atoms with van der Waals surface area (Å²) in [5.41, 5.74) is 9.69. The standard InChI is InChI=1S/C27H42NP/c1-17(2)22-14-24(18(3)4)27(25(15-22)19(5)6)26-13-11-12-23(28-26)16-29(20(7)8)21(9)10/h11-21,28H,1-10H3/b23-16-. The van der Waals surface area contributed by atoms with Gasteiger partial charge in [-0.3, -0.25) is 0 Å². The molecule has 0 aromatic heterocycles. The van der Waals surface area contributed by atoms with Gasteiger partial charge in [-0.1, -0.05) is 95.4 Å². The van der Waals surface area contributed by atoms with E-state index in [-0.39, 0.29) is 7.92 Å². The highest BCUT2D eigenvalue weighted by Gasteiger charge is 2.22. The molecule has 0 spiro atoms. The molecule has 0 radical (unpaired) electrons. The number of hydrogen-bond donors (Lipinski definition) is 1. The van der Waals surface area contributed by atoms with Gasteiger partial charge in [0.05, 0.1) is 0 Å². The third kappa shape index (κ3) is 5.85. The summed E-state index contributed by atoms with van der Waals surface area (Å²) in [5, 5.41) is 3.80. The average Bonchev–Trinajstić information content (AvgIpc) is 2.64. The predicted octanol–water partition coefficient (Wildman–Crippen LogP) is 8.70. The van der Waals surface area contributed by atoms with Crippen molar-refractivity contribution in [3.8, 4) is 0 Å². The summed E-state index contributed by atoms with van der Waals surface area (Å²) < 4.78 is 0. The van der Waals surface area contributed by atoms with Gasteiger partial charge in [0.2, 0.25) is 0 Å². The predicted molar refractivity (Wildman–Crippen MR) is 134 cm³/mol. The third-order valence-corrected chi connectivity index (χ3v) is 8.66. The van der Waals surface area contributed by atoms with E-state index in [9.17, 15) is 0 Å². The van der Waals surface area contributed by atoms with Crippen LogP contribution in [0.3, 0.4) is 0 Å². The van der Waals surface area contributed by atoms with E-state index < -0.39 is 0 Å². The normalized spacial score (nSPS) is 16.1. The molecule has 1 aromatic carbocycles. The van der Waals surface area contributed by atoms with Gasteiger partial charge in [-0.25, -0.2) is 0 Å². The quantitative estimate of drug-likeness (QED) is 0.442. The lowest BCUT2D eigenvalue weighted by molar-refractivity contribution is 0.796. The van der Waals surface area contributed by atoms with Crippen LogP contribution >= 0.6 is 7.92 Å². The molecule has 0 saturated heterocycles. The fraction of sp³-hybridized carbons (Fsp3) is 0.556. The summed E-state index contributed by atoms with van der Waals surface area (Å²) in [6, 6.07) is 4.88. The number of allylic oxidation sites excluding steroid dienone is 3. The van der Waals surface area contributed by atoms with Crippen molar-refractivity contribution in [2.24, 2.45) is 0 Å². The Morgan fingerprint density at radius 1 is 0.759 bits per heavy atom. The summed E-state index contributed by atoms with van der Waals surface area (Å²) in [6.45, 7) is 23.3. The van der Waals surface area contributed by atoms with Gasteiger partial charge in [0.1, 0.15) is 0 Å². The van der Waals surface area contributed by atoms with Crippen molar-refractivity contribution in [1.29, 1.82) is 0 Å². The molecule has 0 atom stereocenters. The van der Waals surface area contributed by atoms with E-state index in [0.29, 0.717) is 29.1 Å². The van der Waals surface area contributed by atoms with Crippen molar-refractivity contribution >= 4 is 13.6 Å². The third-order valence-electron chi connectivity index (χ3n) is 5.70. The van der Waals surface area contributed by atoms with Crippen LogP contribution in [0.25, 0.3) is 5.70 Å². The van der Waals surface area contributed by atoms with Gasteiger partial charge in [-0.15, -0.1) is 0 Å². The van der Waals surface area contributed by atoms with Crippen LogP contribution in [0.15, 0.2) is 41.9 Å². The first-order valence-electron chi connectivity index (χ1n) is 11.4. The molecular weight excluding hydrogens is 369 g/mol. The molecule has 0 fully saturated rings. The number of nitrogens with one attached hydrogen (secondary N) is 1. The minimum atomic E-state index is -0.146. The van der Waals surface area contributed by atoms with Crippen LogP contribution in [0.4, 0.5) is 0 Å². The van der Waals surface area contributed by atoms with Crippen molar-refractivity contribution in [2.45, 2.75) is 98.3 Å². The Labute approximate surface area is 181 Å². The number of benzene rings is 1. The van der Waals surface area contributed by atoms with Gasteiger partial charge in [0.25, 0.3) is 0 Å². The smallest absolute Gasteiger partial charge is 0.0463 e. The highest BCUT2D eigenvalue weighted by Crippen LogP contribution is 2.48. The van der Waals surface area contributed by atoms with E-state index >= 15 is 0 Å². The largest absolute Gasteiger partial charge is 0.355 e. The van der Waals surface area contributed by atoms with Gasteiger partial charge in [0.15, 0.2) is 0 Å². The Morgan fingerprint density at radius 3 is 1.69 bits per heavy atom. The molecule has 1 aromatic rings. The molecule has 29 heavy (non-hydrogen) atoms. The summed E-state index contributed by atoms with van der Waals surface area (Å²) in [4.78, 5) is 0. The minimum absolute atomic E-state index is 0.146. The molecule has 1 nitrogen and oxygen atoms in total. The highest BCUT2D eigenvalue weighted by molar-refractivity contribution is 7.62. The summed E-state index contributed by atoms with van der Waals surface area (Å²) in [7, 11) is -0.146. The molecule has 0 bridgehead atoms. The second-order valence-corrected chi connectivity index (χ2v) is 13.0. The van der Waals surface area contributed by atoms with E-state index in [0.717, 1.165) is 0 Å². The fourth-order valence-electron chi connectivity index (χ4n) is 4.03. The molecule has 0 aliphatic carbocycles. The Hall–Kier alpha value is -1.33. The SMILES string of the molecule is CC(C)c1cc(C(C)C)c(C2=CC=C/C(=C/P(C(C)C)C(C)C)N2)c(C(C)C)c1. The number of hydrogen-bond acceptors (Lipinski definition) is 1. The Kier molecular flexibility index (Phi) is 8.36. The van der Waals surface area contributed by atoms with Gasteiger partial charge >= 0.3 is 0 Å². The summed E-state index contributed by atoms with van der Waals surface area (Å²) in [5.74, 6) is 4.03. The first kappa shape index (κ1) is 23.9. The maximum atomic E-state index is 3.80. The lowest BCUT2D eigenvalue weighted by Gasteiger charge is -2.28. The van der Waals surface area contributed by atoms with Gasteiger partial charge in [0, 0.05) is 17.0 Å². The van der Waals surface area contributed by atoms with Crippen LogP contribution in [0.5, 0.6) is 0 Å². The van der Waals surface area contributed by atoms with Crippen molar-refractivity contribution < 1.29 is 0 Å². The van der Waals surface area contributed by atoms with Gasteiger partial charge in [-0.05, 0) is 63.7 Å². The van der Waals surface area contributed by atoms with Crippen molar-refractivity contribution in [1.82, 2.24) is 5.32 Å². The molecule has 1 heterocycles. The molecule has 1 N–H and O–H groups in total. The van der Waals surface area contributed by atoms with Crippen LogP contribution in [0, 0.1) is 0 Å². The molecule has 2 rings (SSSR count). The van der Waals surface area contributed by atoms with E-state index in [1.165, 1.54) is 33.6 Å². The van der Waals surface area contributed by atoms with E-state index in [1.807, 2.05) is 0 Å². The average molecular weight is 412 g/mol. The zero-order chi connectivity index (χ0) is 21.9. The lowest BCUT2D eigenvalue weighted by Crippen LogP contribution is -2.18. The number of dihydropyridines is 1. The topological polar surface area (TPSA) is 12.0 Å². The number of rotatable bonds is 7. The summed E-state index contributed by atoms with van der Waals surface area (Å²) >= 11 is 0. The molecule has 1 aliphatic rings. The molecule has 0 amide bonds. The molecule has 0 unspecified atom stereocenters. The lowest BCUT2D eigenvalue weighted by atomic mass is 9.83. The molecule has 1 aliphatic heterocycles. The molecular formula is C27H42NP. The van der Waals surface area contributed by atoms with Crippen molar-refractivity contribution in [3.05, 3.63) is 64.1 Å². The molecule has 160 valence electrons. The van der Waals surface area contributed by atoms with E-state index in [2.05, 4.69) is 111 Å². The summed E-state index contributed by atoms with van der Waals surface area (Å²) in [6.07, 6.45) is 6.71. The Bertz CT molecular complexity index is 754. The first-order valence-corrected chi connectivity index (χ1v) is 12.9. The zero-order valence-electron chi connectivity index (χ0n) is 20.3. The maximum absolute atomic E-state index is 3.80. The van der Waals surface area contributed by atoms with Crippen LogP contribution in [0.1, 0.15) is 109 Å². The second-order valence-electron chi connectivity index (χ2n) is 9.82. The van der Waals surface area contributed by atoms with Crippen LogP contribution in [-0.2, 0) is 0 Å². The molecule has 2 heteroatoms. The fourth-order valence-corrected chi connectivity index (χ4v) is 6.29. The maximum Gasteiger partial charge on any atom is 0.0463 e. The Morgan fingerprint density at radius 2 is 1.28 bits per heavy atom. The van der Waals surface area contributed by atoms with Crippen molar-refractivity contribution in [2.75, 3.05) is 0 Å². The van der Waals surface area contributed by atoms with Crippen LogP contribution < -0.4 is 5.32 Å². The van der Waals surface area contributed by atoms with Crippen molar-refractivity contribution in [3.63, 3.8) is 0 Å². The zero-order valence-corrected chi connectivity index (χ0v) is 21.2. The van der Waals surface area contributed by atoms with Crippen LogP contribution in [-0.4, -0.2) is 11.3 Å². The van der Waals surface area contributed by atoms with E-state index in [1.54, 1.807) is 0 Å². The highest BCUT2D eigenvalue weighted by atomic mass is 31.1. The molecule has 0 saturated carbocycles. The minimum Gasteiger partial charge on any atom is -0.355 e. The van der Waals surface area contributed by atoms with Crippen LogP contribution in [0.2, 0.25) is 0 Å². The Balaban J connectivity index is 2.56.